The van der Waals surface area contributed by atoms with E-state index in [4.69, 9.17) is 0 Å². The van der Waals surface area contributed by atoms with Gasteiger partial charge in [-0.05, 0) is 37.6 Å². The van der Waals surface area contributed by atoms with Crippen molar-refractivity contribution in [2.24, 2.45) is 0 Å². The van der Waals surface area contributed by atoms with Crippen LogP contribution in [0.4, 0.5) is 13.2 Å². The number of aromatic nitrogens is 4. The van der Waals surface area contributed by atoms with Crippen molar-refractivity contribution in [2.75, 3.05) is 19.7 Å². The molecule has 0 radical (unpaired) electrons. The molecule has 0 atom stereocenters. The normalized spacial score (nSPS) is 15.5. The Morgan fingerprint density at radius 3 is 2.89 bits per heavy atom. The van der Waals surface area contributed by atoms with E-state index in [9.17, 15) is 18.0 Å². The molecular formula is C16H19F3N6O2. The molecule has 3 rings (SSSR count). The fraction of sp³-hybridized carbons (Fsp3) is 0.500. The lowest BCUT2D eigenvalue weighted by Gasteiger charge is -2.22. The first-order chi connectivity index (χ1) is 12.9. The molecule has 1 amide bonds. The fourth-order valence-electron chi connectivity index (χ4n) is 2.70. The Bertz CT molecular complexity index is 774. The number of hydrogen-bond acceptors (Lipinski definition) is 6. The molecule has 2 aromatic heterocycles. The van der Waals surface area contributed by atoms with Crippen LogP contribution in [0.5, 0.6) is 5.88 Å². The van der Waals surface area contributed by atoms with Crippen molar-refractivity contribution >= 4 is 5.91 Å². The van der Waals surface area contributed by atoms with Crippen LogP contribution in [0.1, 0.15) is 34.9 Å². The van der Waals surface area contributed by atoms with Crippen molar-refractivity contribution in [2.45, 2.75) is 31.6 Å². The molecule has 1 saturated heterocycles. The number of hydrogen-bond donors (Lipinski definition) is 2. The third kappa shape index (κ3) is 5.64. The Hall–Kier alpha value is -2.69. The highest BCUT2D eigenvalue weighted by atomic mass is 19.4. The second kappa shape index (κ2) is 8.33. The summed E-state index contributed by atoms with van der Waals surface area (Å²) in [4.78, 5) is 15.9. The summed E-state index contributed by atoms with van der Waals surface area (Å²) in [5, 5.41) is 13.8. The predicted molar refractivity (Wildman–Crippen MR) is 88.1 cm³/mol. The van der Waals surface area contributed by atoms with Crippen LogP contribution in [0.3, 0.4) is 0 Å². The van der Waals surface area contributed by atoms with Crippen LogP contribution < -0.4 is 15.4 Å². The van der Waals surface area contributed by atoms with Crippen LogP contribution in [-0.2, 0) is 6.54 Å². The van der Waals surface area contributed by atoms with Gasteiger partial charge in [-0.3, -0.25) is 4.79 Å². The van der Waals surface area contributed by atoms with E-state index in [1.54, 1.807) is 16.9 Å². The van der Waals surface area contributed by atoms with Crippen LogP contribution in [0.2, 0.25) is 0 Å². The number of piperidine rings is 1. The summed E-state index contributed by atoms with van der Waals surface area (Å²) < 4.78 is 42.9. The number of carbonyl (C=O) groups is 1. The average molecular weight is 384 g/mol. The number of rotatable bonds is 6. The largest absolute Gasteiger partial charge is 0.468 e. The van der Waals surface area contributed by atoms with Crippen molar-refractivity contribution < 1.29 is 22.7 Å². The van der Waals surface area contributed by atoms with Gasteiger partial charge in [0.25, 0.3) is 5.91 Å². The first-order valence-electron chi connectivity index (χ1n) is 8.46. The molecule has 0 bridgehead atoms. The second-order valence-electron chi connectivity index (χ2n) is 6.15. The Balaban J connectivity index is 1.54. The highest BCUT2D eigenvalue weighted by Gasteiger charge is 2.28. The van der Waals surface area contributed by atoms with E-state index in [1.807, 2.05) is 0 Å². The van der Waals surface area contributed by atoms with Gasteiger partial charge in [-0.25, -0.2) is 9.67 Å². The molecule has 0 aliphatic carbocycles. The van der Waals surface area contributed by atoms with Gasteiger partial charge >= 0.3 is 6.18 Å². The summed E-state index contributed by atoms with van der Waals surface area (Å²) >= 11 is 0. The summed E-state index contributed by atoms with van der Waals surface area (Å²) in [5.41, 5.74) is 0.748. The number of nitrogens with zero attached hydrogens (tertiary/aromatic N) is 4. The van der Waals surface area contributed by atoms with E-state index in [0.29, 0.717) is 5.56 Å². The number of carbonyl (C=O) groups excluding carboxylic acids is 1. The molecule has 2 N–H and O–H groups in total. The molecule has 2 aromatic rings. The molecule has 27 heavy (non-hydrogen) atoms. The number of ether oxygens (including phenoxy) is 1. The number of pyridine rings is 1. The van der Waals surface area contributed by atoms with E-state index in [2.05, 4.69) is 30.7 Å². The van der Waals surface area contributed by atoms with E-state index in [-0.39, 0.29) is 24.2 Å². The third-order valence-electron chi connectivity index (χ3n) is 4.06. The molecule has 146 valence electrons. The predicted octanol–water partition coefficient (Wildman–Crippen LogP) is 1.47. The van der Waals surface area contributed by atoms with Crippen LogP contribution in [0.15, 0.2) is 24.5 Å². The molecule has 1 fully saturated rings. The maximum absolute atomic E-state index is 12.2. The lowest BCUT2D eigenvalue weighted by molar-refractivity contribution is -0.154. The number of halogens is 3. The van der Waals surface area contributed by atoms with Crippen molar-refractivity contribution in [1.29, 1.82) is 0 Å². The third-order valence-corrected chi connectivity index (χ3v) is 4.06. The monoisotopic (exact) mass is 384 g/mol. The van der Waals surface area contributed by atoms with Crippen molar-refractivity contribution in [3.8, 4) is 5.88 Å². The second-order valence-corrected chi connectivity index (χ2v) is 6.15. The first kappa shape index (κ1) is 19.1. The van der Waals surface area contributed by atoms with E-state index >= 15 is 0 Å². The van der Waals surface area contributed by atoms with Gasteiger partial charge in [-0.1, -0.05) is 5.21 Å². The summed E-state index contributed by atoms with van der Waals surface area (Å²) in [5.74, 6) is -0.569. The van der Waals surface area contributed by atoms with Crippen molar-refractivity contribution in [1.82, 2.24) is 30.6 Å². The SMILES string of the molecule is O=C(NCc1ccnc(OCC(F)(F)F)c1)c1cn(C2CCNCC2)nn1. The molecule has 0 aromatic carbocycles. The molecular weight excluding hydrogens is 365 g/mol. The van der Waals surface area contributed by atoms with Gasteiger partial charge in [0.15, 0.2) is 12.3 Å². The van der Waals surface area contributed by atoms with Crippen LogP contribution in [0.25, 0.3) is 0 Å². The minimum atomic E-state index is -4.44. The van der Waals surface area contributed by atoms with Crippen LogP contribution >= 0.6 is 0 Å². The van der Waals surface area contributed by atoms with E-state index in [0.717, 1.165) is 25.9 Å². The Morgan fingerprint density at radius 2 is 2.15 bits per heavy atom. The van der Waals surface area contributed by atoms with Gasteiger partial charge in [-0.15, -0.1) is 5.10 Å². The molecule has 11 heteroatoms. The van der Waals surface area contributed by atoms with Gasteiger partial charge < -0.3 is 15.4 Å². The highest BCUT2D eigenvalue weighted by Crippen LogP contribution is 2.18. The van der Waals surface area contributed by atoms with Gasteiger partial charge in [-0.2, -0.15) is 13.2 Å². The lowest BCUT2D eigenvalue weighted by atomic mass is 10.1. The Morgan fingerprint density at radius 1 is 1.37 bits per heavy atom. The lowest BCUT2D eigenvalue weighted by Crippen LogP contribution is -2.29. The number of alkyl halides is 3. The van der Waals surface area contributed by atoms with Gasteiger partial charge in [0.05, 0.1) is 12.2 Å². The van der Waals surface area contributed by atoms with Crippen molar-refractivity contribution in [3.63, 3.8) is 0 Å². The van der Waals surface area contributed by atoms with Crippen molar-refractivity contribution in [3.05, 3.63) is 35.8 Å². The first-order valence-corrected chi connectivity index (χ1v) is 8.46. The van der Waals surface area contributed by atoms with Crippen LogP contribution in [-0.4, -0.2) is 51.8 Å². The smallest absolute Gasteiger partial charge is 0.422 e. The quantitative estimate of drug-likeness (QED) is 0.783. The molecule has 0 saturated carbocycles. The summed E-state index contributed by atoms with van der Waals surface area (Å²) in [6.45, 7) is 0.471. The summed E-state index contributed by atoms with van der Waals surface area (Å²) in [7, 11) is 0. The molecule has 1 aliphatic heterocycles. The maximum atomic E-state index is 12.2. The highest BCUT2D eigenvalue weighted by molar-refractivity contribution is 5.91. The fourth-order valence-corrected chi connectivity index (χ4v) is 2.70. The molecule has 0 unspecified atom stereocenters. The molecule has 0 spiro atoms. The number of nitrogens with one attached hydrogen (secondary N) is 2. The Kier molecular flexibility index (Phi) is 5.89. The topological polar surface area (TPSA) is 94.0 Å². The minimum Gasteiger partial charge on any atom is -0.468 e. The zero-order valence-electron chi connectivity index (χ0n) is 14.4. The summed E-state index contributed by atoms with van der Waals surface area (Å²) in [6, 6.07) is 3.14. The van der Waals surface area contributed by atoms with Gasteiger partial charge in [0.2, 0.25) is 5.88 Å². The molecule has 8 nitrogen and oxygen atoms in total. The zero-order chi connectivity index (χ0) is 19.3. The zero-order valence-corrected chi connectivity index (χ0v) is 14.4. The molecule has 1 aliphatic rings. The molecule has 3 heterocycles. The number of amides is 1. The average Bonchev–Trinajstić information content (AvgIpc) is 3.15. The minimum absolute atomic E-state index is 0.101. The van der Waals surface area contributed by atoms with E-state index in [1.165, 1.54) is 12.3 Å². The van der Waals surface area contributed by atoms with Crippen LogP contribution in [0, 0.1) is 0 Å². The van der Waals surface area contributed by atoms with E-state index < -0.39 is 18.7 Å². The summed E-state index contributed by atoms with van der Waals surface area (Å²) in [6.07, 6.45) is 0.326. The van der Waals surface area contributed by atoms with Gasteiger partial charge in [0.1, 0.15) is 0 Å². The maximum Gasteiger partial charge on any atom is 0.422 e. The van der Waals surface area contributed by atoms with Gasteiger partial charge in [0, 0.05) is 18.8 Å². The Labute approximate surface area is 153 Å². The standard InChI is InChI=1S/C16H19F3N6O2/c17-16(18,19)10-27-14-7-11(1-6-21-14)8-22-15(26)13-9-25(24-23-13)12-2-4-20-5-3-12/h1,6-7,9,12,20H,2-5,8,10H2,(H,22,26).